The van der Waals surface area contributed by atoms with Crippen LogP contribution in [0.1, 0.15) is 64.2 Å². The fourth-order valence-electron chi connectivity index (χ4n) is 6.03. The summed E-state index contributed by atoms with van der Waals surface area (Å²) in [4.78, 5) is 58.6. The summed E-state index contributed by atoms with van der Waals surface area (Å²) in [5, 5.41) is 5.94. The van der Waals surface area contributed by atoms with Crippen molar-refractivity contribution in [3.8, 4) is 23.0 Å². The van der Waals surface area contributed by atoms with Gasteiger partial charge in [0.25, 0.3) is 5.91 Å². The lowest BCUT2D eigenvalue weighted by atomic mass is 9.98. The zero-order valence-electron chi connectivity index (χ0n) is 31.4. The van der Waals surface area contributed by atoms with Crippen molar-refractivity contribution in [3.63, 3.8) is 0 Å². The molecule has 286 valence electrons. The van der Waals surface area contributed by atoms with Crippen molar-refractivity contribution in [1.29, 1.82) is 0 Å². The molecule has 0 aliphatic carbocycles. The van der Waals surface area contributed by atoms with Crippen LogP contribution in [0.5, 0.6) is 23.0 Å². The van der Waals surface area contributed by atoms with E-state index in [0.29, 0.717) is 23.6 Å². The van der Waals surface area contributed by atoms with E-state index in [4.69, 9.17) is 25.8 Å². The number of hydrogen-bond donors (Lipinski definition) is 2. The molecule has 0 fully saturated rings. The first-order valence-electron chi connectivity index (χ1n) is 17.8. The Bertz CT molecular complexity index is 1760. The molecule has 11 nitrogen and oxygen atoms in total. The maximum atomic E-state index is 14.9. The van der Waals surface area contributed by atoms with Gasteiger partial charge in [0.15, 0.2) is 17.3 Å². The van der Waals surface area contributed by atoms with Crippen LogP contribution in [-0.2, 0) is 14.4 Å². The number of nitrogens with one attached hydrogen (secondary N) is 2. The van der Waals surface area contributed by atoms with Crippen LogP contribution in [0, 0.1) is 17.7 Å². The Morgan fingerprint density at radius 1 is 0.962 bits per heavy atom. The molecule has 0 saturated carbocycles. The van der Waals surface area contributed by atoms with Gasteiger partial charge in [-0.2, -0.15) is 0 Å². The van der Waals surface area contributed by atoms with Gasteiger partial charge < -0.3 is 34.6 Å². The topological polar surface area (TPSA) is 127 Å². The van der Waals surface area contributed by atoms with E-state index < -0.39 is 48.1 Å². The molecule has 3 aromatic carbocycles. The molecule has 4 amide bonds. The molecule has 0 aromatic heterocycles. The van der Waals surface area contributed by atoms with Gasteiger partial charge in [-0.3, -0.25) is 19.2 Å². The molecule has 0 spiro atoms. The van der Waals surface area contributed by atoms with Crippen molar-refractivity contribution in [3.05, 3.63) is 83.1 Å². The molecule has 1 aliphatic rings. The number of fused-ring (bicyclic) bond motifs is 1. The van der Waals surface area contributed by atoms with E-state index in [1.165, 1.54) is 23.1 Å². The lowest BCUT2D eigenvalue weighted by Crippen LogP contribution is -2.55. The summed E-state index contributed by atoms with van der Waals surface area (Å²) in [6.07, 6.45) is 0.594. The van der Waals surface area contributed by atoms with Gasteiger partial charge in [0, 0.05) is 19.1 Å². The largest absolute Gasteiger partial charge is 0.491 e. The fraction of sp³-hybridized carbons (Fsp3) is 0.450. The second kappa shape index (κ2) is 18.8. The Kier molecular flexibility index (Phi) is 14.5. The minimum atomic E-state index is -1.34. The highest BCUT2D eigenvalue weighted by atomic mass is 35.5. The molecule has 2 N–H and O–H groups in total. The average molecular weight is 753 g/mol. The van der Waals surface area contributed by atoms with Crippen LogP contribution in [-0.4, -0.2) is 84.9 Å². The molecule has 0 unspecified atom stereocenters. The summed E-state index contributed by atoms with van der Waals surface area (Å²) in [6.45, 7) is 9.62. The van der Waals surface area contributed by atoms with Crippen LogP contribution in [0.15, 0.2) is 66.7 Å². The second-order valence-electron chi connectivity index (χ2n) is 14.3. The number of amides is 4. The lowest BCUT2D eigenvalue weighted by molar-refractivity contribution is -0.147. The number of hydrogen-bond acceptors (Lipinski definition) is 7. The summed E-state index contributed by atoms with van der Waals surface area (Å²) in [5.74, 6) is -1.81. The maximum absolute atomic E-state index is 14.9. The summed E-state index contributed by atoms with van der Waals surface area (Å²) in [6, 6.07) is 14.3. The molecule has 0 bridgehead atoms. The maximum Gasteiger partial charge on any atom is 0.255 e. The number of rotatable bonds is 11. The quantitative estimate of drug-likeness (QED) is 0.230. The van der Waals surface area contributed by atoms with Gasteiger partial charge in [-0.05, 0) is 74.1 Å². The fourth-order valence-corrected chi connectivity index (χ4v) is 6.21. The van der Waals surface area contributed by atoms with E-state index >= 15 is 0 Å². The van der Waals surface area contributed by atoms with E-state index in [9.17, 15) is 23.6 Å². The Morgan fingerprint density at radius 3 is 2.36 bits per heavy atom. The normalized spacial score (nSPS) is 19.2. The number of benzene rings is 3. The van der Waals surface area contributed by atoms with Crippen LogP contribution in [0.2, 0.25) is 5.02 Å². The smallest absolute Gasteiger partial charge is 0.255 e. The molecule has 4 atom stereocenters. The van der Waals surface area contributed by atoms with Gasteiger partial charge in [-0.15, -0.1) is 0 Å². The molecular formula is C40H50ClFN4O7. The SMILES string of the molecule is CC(C)C[C@@H]1COc2ccccc2C(=O)N[C@H](C(=O)N[C@H](C)COc2c(F)cccc2Oc2cccc(Cl)c2)CC(=O)N(C)[C@@H](CC(C)C)C(=O)N1C. The summed E-state index contributed by atoms with van der Waals surface area (Å²) in [5.41, 5.74) is 0.168. The highest BCUT2D eigenvalue weighted by Crippen LogP contribution is 2.35. The minimum Gasteiger partial charge on any atom is -0.491 e. The standard InChI is InChI=1S/C40H50ClFN4O7/c1-24(2)18-28-23-51-34-16-9-8-14-30(34)38(48)44-32(21-36(47)46(7)33(19-25(3)4)40(50)45(28)6)39(49)43-26(5)22-52-37-31(42)15-11-17-35(37)53-29-13-10-12-27(41)20-29/h8-17,20,24-26,28,32-33H,18-19,21-23H2,1-7H3,(H,43,49)(H,44,48)/t26-,28-,32+,33+/m1/s1. The van der Waals surface area contributed by atoms with Gasteiger partial charge in [0.05, 0.1) is 24.1 Å². The van der Waals surface area contributed by atoms with Crippen molar-refractivity contribution in [2.24, 2.45) is 11.8 Å². The van der Waals surface area contributed by atoms with Crippen molar-refractivity contribution >= 4 is 35.2 Å². The highest BCUT2D eigenvalue weighted by Gasteiger charge is 2.36. The van der Waals surface area contributed by atoms with Crippen LogP contribution in [0.4, 0.5) is 4.39 Å². The first-order chi connectivity index (χ1) is 25.1. The van der Waals surface area contributed by atoms with Gasteiger partial charge in [0.2, 0.25) is 17.7 Å². The van der Waals surface area contributed by atoms with Crippen LogP contribution in [0.3, 0.4) is 0 Å². The zero-order chi connectivity index (χ0) is 38.8. The number of ether oxygens (including phenoxy) is 3. The first kappa shape index (κ1) is 40.9. The zero-order valence-corrected chi connectivity index (χ0v) is 32.1. The molecule has 53 heavy (non-hydrogen) atoms. The minimum absolute atomic E-state index is 0.0728. The highest BCUT2D eigenvalue weighted by molar-refractivity contribution is 6.30. The number of para-hydroxylation sites is 2. The van der Waals surface area contributed by atoms with Crippen LogP contribution in [0.25, 0.3) is 0 Å². The van der Waals surface area contributed by atoms with Crippen LogP contribution >= 0.6 is 11.6 Å². The van der Waals surface area contributed by atoms with Crippen LogP contribution < -0.4 is 24.8 Å². The third-order valence-electron chi connectivity index (χ3n) is 8.86. The van der Waals surface area contributed by atoms with E-state index in [0.717, 1.165) is 0 Å². The lowest BCUT2D eigenvalue weighted by Gasteiger charge is -2.37. The second-order valence-corrected chi connectivity index (χ2v) is 14.7. The Balaban J connectivity index is 1.58. The van der Waals surface area contributed by atoms with Gasteiger partial charge in [-0.25, -0.2) is 4.39 Å². The third-order valence-corrected chi connectivity index (χ3v) is 9.10. The number of carbonyl (C=O) groups excluding carboxylic acids is 4. The Labute approximate surface area is 316 Å². The average Bonchev–Trinajstić information content (AvgIpc) is 3.10. The predicted molar refractivity (Wildman–Crippen MR) is 201 cm³/mol. The molecule has 4 rings (SSSR count). The van der Waals surface area contributed by atoms with E-state index in [1.807, 2.05) is 13.8 Å². The van der Waals surface area contributed by atoms with E-state index in [2.05, 4.69) is 24.5 Å². The molecule has 0 radical (unpaired) electrons. The Morgan fingerprint density at radius 2 is 1.66 bits per heavy atom. The van der Waals surface area contributed by atoms with E-state index in [-0.39, 0.29) is 59.8 Å². The Hall–Kier alpha value is -4.84. The molecule has 3 aromatic rings. The molecular weight excluding hydrogens is 703 g/mol. The van der Waals surface area contributed by atoms with E-state index in [1.54, 1.807) is 74.4 Å². The summed E-state index contributed by atoms with van der Waals surface area (Å²) >= 11 is 6.07. The number of carbonyl (C=O) groups is 4. The molecule has 0 saturated heterocycles. The summed E-state index contributed by atoms with van der Waals surface area (Å²) < 4.78 is 32.8. The molecule has 1 aliphatic heterocycles. The number of nitrogens with zero attached hydrogens (tertiary/aromatic N) is 2. The number of likely N-dealkylation sites (N-methyl/N-ethyl adjacent to an activating group) is 2. The third kappa shape index (κ3) is 11.3. The predicted octanol–water partition coefficient (Wildman–Crippen LogP) is 6.48. The summed E-state index contributed by atoms with van der Waals surface area (Å²) in [7, 11) is 3.25. The molecule has 1 heterocycles. The first-order valence-corrected chi connectivity index (χ1v) is 18.2. The van der Waals surface area contributed by atoms with Gasteiger partial charge in [-0.1, -0.05) is 63.6 Å². The van der Waals surface area contributed by atoms with Gasteiger partial charge in [0.1, 0.15) is 36.8 Å². The van der Waals surface area contributed by atoms with Gasteiger partial charge >= 0.3 is 0 Å². The van der Waals surface area contributed by atoms with Crippen molar-refractivity contribution in [2.45, 2.75) is 78.0 Å². The number of halogens is 2. The molecule has 13 heteroatoms. The van der Waals surface area contributed by atoms with Crippen molar-refractivity contribution in [2.75, 3.05) is 27.3 Å². The van der Waals surface area contributed by atoms with Crippen molar-refractivity contribution in [1.82, 2.24) is 20.4 Å². The monoisotopic (exact) mass is 752 g/mol. The van der Waals surface area contributed by atoms with Crippen molar-refractivity contribution < 1.29 is 37.8 Å².